The molecule has 1 rings (SSSR count). The van der Waals surface area contributed by atoms with Gasteiger partial charge in [0.2, 0.25) is 0 Å². The second-order valence-electron chi connectivity index (χ2n) is 4.31. The fraction of sp³-hybridized carbons (Fsp3) is 0.500. The van der Waals surface area contributed by atoms with Crippen LogP contribution in [0.15, 0.2) is 18.2 Å². The molecule has 0 spiro atoms. The maximum absolute atomic E-state index is 7.49. The molecular weight excluding hydrogens is 242 g/mol. The van der Waals surface area contributed by atoms with Gasteiger partial charge in [0.05, 0.1) is 19.3 Å². The molecule has 1 aromatic carbocycles. The molecule has 0 aliphatic rings. The number of benzene rings is 1. The Bertz CT molecular complexity index is 421. The zero-order chi connectivity index (χ0) is 14.3. The topological polar surface area (TPSA) is 71.6 Å². The molecule has 3 N–H and O–H groups in total. The minimum atomic E-state index is 0.0233. The summed E-state index contributed by atoms with van der Waals surface area (Å²) in [5.74, 6) is 0.669. The number of hydrogen-bond donors (Lipinski definition) is 2. The van der Waals surface area contributed by atoms with Crippen molar-refractivity contribution in [1.82, 2.24) is 4.90 Å². The van der Waals surface area contributed by atoms with E-state index in [1.54, 1.807) is 14.2 Å². The van der Waals surface area contributed by atoms with Gasteiger partial charge < -0.3 is 15.2 Å². The van der Waals surface area contributed by atoms with Crippen LogP contribution >= 0.6 is 0 Å². The molecule has 0 atom stereocenters. The van der Waals surface area contributed by atoms with Gasteiger partial charge >= 0.3 is 0 Å². The fourth-order valence-electron chi connectivity index (χ4n) is 1.88. The molecule has 0 heterocycles. The molecule has 0 saturated heterocycles. The van der Waals surface area contributed by atoms with Crippen LogP contribution in [0.1, 0.15) is 18.1 Å². The minimum absolute atomic E-state index is 0.0233. The SMILES string of the molecule is CCN(CCOC)Cc1ccc(C(=N)N)c(OC)c1. The Kier molecular flexibility index (Phi) is 6.32. The van der Waals surface area contributed by atoms with Crippen LogP contribution in [0.25, 0.3) is 0 Å². The van der Waals surface area contributed by atoms with Crippen molar-refractivity contribution in [3.63, 3.8) is 0 Å². The van der Waals surface area contributed by atoms with Crippen molar-refractivity contribution in [2.75, 3.05) is 33.9 Å². The van der Waals surface area contributed by atoms with E-state index in [9.17, 15) is 0 Å². The van der Waals surface area contributed by atoms with Crippen LogP contribution < -0.4 is 10.5 Å². The van der Waals surface area contributed by atoms with Crippen molar-refractivity contribution in [2.24, 2.45) is 5.73 Å². The van der Waals surface area contributed by atoms with Crippen molar-refractivity contribution in [1.29, 1.82) is 5.41 Å². The predicted molar refractivity (Wildman–Crippen MR) is 76.8 cm³/mol. The number of methoxy groups -OCH3 is 2. The third-order valence-corrected chi connectivity index (χ3v) is 3.02. The van der Waals surface area contributed by atoms with E-state index in [1.807, 2.05) is 18.2 Å². The second-order valence-corrected chi connectivity index (χ2v) is 4.31. The first kappa shape index (κ1) is 15.5. The quantitative estimate of drug-likeness (QED) is 0.551. The number of likely N-dealkylation sites (N-methyl/N-ethyl adjacent to an activating group) is 1. The maximum atomic E-state index is 7.49. The van der Waals surface area contributed by atoms with Crippen molar-refractivity contribution in [3.05, 3.63) is 29.3 Å². The largest absolute Gasteiger partial charge is 0.496 e. The number of nitrogens with two attached hydrogens (primary N) is 1. The molecule has 1 aromatic rings. The third-order valence-electron chi connectivity index (χ3n) is 3.02. The van der Waals surface area contributed by atoms with Crippen LogP contribution in [-0.4, -0.2) is 44.7 Å². The average Bonchev–Trinajstić information content (AvgIpc) is 2.42. The molecule has 5 heteroatoms. The molecule has 0 unspecified atom stereocenters. The number of amidine groups is 1. The summed E-state index contributed by atoms with van der Waals surface area (Å²) in [6.07, 6.45) is 0. The highest BCUT2D eigenvalue weighted by Crippen LogP contribution is 2.20. The monoisotopic (exact) mass is 265 g/mol. The summed E-state index contributed by atoms with van der Waals surface area (Å²) in [6, 6.07) is 5.75. The Morgan fingerprint density at radius 3 is 2.63 bits per heavy atom. The first-order valence-electron chi connectivity index (χ1n) is 6.35. The Morgan fingerprint density at radius 1 is 1.37 bits per heavy atom. The van der Waals surface area contributed by atoms with Crippen molar-refractivity contribution in [2.45, 2.75) is 13.5 Å². The Morgan fingerprint density at radius 2 is 2.11 bits per heavy atom. The average molecular weight is 265 g/mol. The summed E-state index contributed by atoms with van der Waals surface area (Å²) in [6.45, 7) is 5.52. The van der Waals surface area contributed by atoms with E-state index in [4.69, 9.17) is 20.6 Å². The van der Waals surface area contributed by atoms with Crippen LogP contribution in [-0.2, 0) is 11.3 Å². The van der Waals surface area contributed by atoms with Gasteiger partial charge in [-0.05, 0) is 24.2 Å². The van der Waals surface area contributed by atoms with E-state index in [2.05, 4.69) is 11.8 Å². The lowest BCUT2D eigenvalue weighted by molar-refractivity contribution is 0.147. The highest BCUT2D eigenvalue weighted by atomic mass is 16.5. The number of ether oxygens (including phenoxy) is 2. The van der Waals surface area contributed by atoms with E-state index >= 15 is 0 Å². The molecule has 0 fully saturated rings. The van der Waals surface area contributed by atoms with Crippen LogP contribution in [0.4, 0.5) is 0 Å². The van der Waals surface area contributed by atoms with Crippen molar-refractivity contribution < 1.29 is 9.47 Å². The highest BCUT2D eigenvalue weighted by molar-refractivity contribution is 5.97. The first-order valence-corrected chi connectivity index (χ1v) is 6.35. The van der Waals surface area contributed by atoms with Gasteiger partial charge in [-0.1, -0.05) is 13.0 Å². The van der Waals surface area contributed by atoms with Gasteiger partial charge in [-0.15, -0.1) is 0 Å². The lowest BCUT2D eigenvalue weighted by Crippen LogP contribution is -2.26. The number of nitrogen functional groups attached to an aromatic ring is 1. The lowest BCUT2D eigenvalue weighted by atomic mass is 10.1. The predicted octanol–water partition coefficient (Wildman–Crippen LogP) is 1.45. The van der Waals surface area contributed by atoms with Gasteiger partial charge in [0.1, 0.15) is 11.6 Å². The first-order chi connectivity index (χ1) is 9.12. The molecule has 19 heavy (non-hydrogen) atoms. The molecule has 0 bridgehead atoms. The Hall–Kier alpha value is -1.59. The van der Waals surface area contributed by atoms with Gasteiger partial charge in [-0.2, -0.15) is 0 Å². The number of rotatable bonds is 8. The molecule has 0 amide bonds. The van der Waals surface area contributed by atoms with Crippen molar-refractivity contribution >= 4 is 5.84 Å². The summed E-state index contributed by atoms with van der Waals surface area (Å²) in [5.41, 5.74) is 7.28. The van der Waals surface area contributed by atoms with Gasteiger partial charge in [-0.3, -0.25) is 10.3 Å². The molecular formula is C14H23N3O2. The minimum Gasteiger partial charge on any atom is -0.496 e. The molecule has 0 radical (unpaired) electrons. The smallest absolute Gasteiger partial charge is 0.130 e. The Labute approximate surface area is 114 Å². The molecule has 0 aliphatic heterocycles. The zero-order valence-corrected chi connectivity index (χ0v) is 11.9. The maximum Gasteiger partial charge on any atom is 0.130 e. The third kappa shape index (κ3) is 4.54. The molecule has 0 aliphatic carbocycles. The molecule has 106 valence electrons. The zero-order valence-electron chi connectivity index (χ0n) is 11.9. The summed E-state index contributed by atoms with van der Waals surface area (Å²) in [4.78, 5) is 2.28. The summed E-state index contributed by atoms with van der Waals surface area (Å²) in [5, 5.41) is 7.49. The number of nitrogens with one attached hydrogen (secondary N) is 1. The summed E-state index contributed by atoms with van der Waals surface area (Å²) >= 11 is 0. The Balaban J connectivity index is 2.81. The fourth-order valence-corrected chi connectivity index (χ4v) is 1.88. The van der Waals surface area contributed by atoms with Gasteiger partial charge in [0.15, 0.2) is 0 Å². The normalized spacial score (nSPS) is 10.7. The summed E-state index contributed by atoms with van der Waals surface area (Å²) < 4.78 is 10.4. The van der Waals surface area contributed by atoms with Crippen LogP contribution in [0, 0.1) is 5.41 Å². The molecule has 5 nitrogen and oxygen atoms in total. The lowest BCUT2D eigenvalue weighted by Gasteiger charge is -2.20. The van der Waals surface area contributed by atoms with Crippen LogP contribution in [0.5, 0.6) is 5.75 Å². The standard InChI is InChI=1S/C14H23N3O2/c1-4-17(7-8-18-2)10-11-5-6-12(14(15)16)13(9-11)19-3/h5-6,9H,4,7-8,10H2,1-3H3,(H3,15,16). The van der Waals surface area contributed by atoms with E-state index in [1.165, 1.54) is 0 Å². The molecule has 0 saturated carbocycles. The van der Waals surface area contributed by atoms with E-state index in [0.717, 1.165) is 31.8 Å². The number of hydrogen-bond acceptors (Lipinski definition) is 4. The molecule has 0 aromatic heterocycles. The highest BCUT2D eigenvalue weighted by Gasteiger charge is 2.09. The van der Waals surface area contributed by atoms with Gasteiger partial charge in [-0.25, -0.2) is 0 Å². The van der Waals surface area contributed by atoms with Crippen LogP contribution in [0.2, 0.25) is 0 Å². The number of nitrogens with zero attached hydrogens (tertiary/aromatic N) is 1. The van der Waals surface area contributed by atoms with Crippen LogP contribution in [0.3, 0.4) is 0 Å². The second kappa shape index (κ2) is 7.76. The van der Waals surface area contributed by atoms with Crippen molar-refractivity contribution in [3.8, 4) is 5.75 Å². The van der Waals surface area contributed by atoms with E-state index < -0.39 is 0 Å². The van der Waals surface area contributed by atoms with Gasteiger partial charge in [0, 0.05) is 20.2 Å². The van der Waals surface area contributed by atoms with E-state index in [0.29, 0.717) is 11.3 Å². The summed E-state index contributed by atoms with van der Waals surface area (Å²) in [7, 11) is 3.30. The van der Waals surface area contributed by atoms with Gasteiger partial charge in [0.25, 0.3) is 0 Å². The van der Waals surface area contributed by atoms with E-state index in [-0.39, 0.29) is 5.84 Å².